The van der Waals surface area contributed by atoms with Gasteiger partial charge in [0.15, 0.2) is 0 Å². The molecule has 5 nitrogen and oxygen atoms in total. The monoisotopic (exact) mass is 282 g/mol. The topological polar surface area (TPSA) is 66.0 Å². The lowest BCUT2D eigenvalue weighted by atomic mass is 9.98. The third-order valence-corrected chi connectivity index (χ3v) is 3.97. The van der Waals surface area contributed by atoms with Gasteiger partial charge in [0.1, 0.15) is 17.8 Å². The lowest BCUT2D eigenvalue weighted by Crippen LogP contribution is -2.25. The summed E-state index contributed by atoms with van der Waals surface area (Å²) in [5.74, 6) is 0.930. The zero-order valence-electron chi connectivity index (χ0n) is 8.77. The summed E-state index contributed by atoms with van der Waals surface area (Å²) in [6.07, 6.45) is 1.49. The van der Waals surface area contributed by atoms with Crippen LogP contribution in [0.4, 0.5) is 5.82 Å². The highest BCUT2D eigenvalue weighted by molar-refractivity contribution is 9.10. The Hall–Kier alpha value is -1.14. The molecule has 2 aromatic rings. The van der Waals surface area contributed by atoms with Gasteiger partial charge in [0.2, 0.25) is 0 Å². The van der Waals surface area contributed by atoms with Crippen LogP contribution >= 0.6 is 15.9 Å². The average Bonchev–Trinajstić information content (AvgIpc) is 2.43. The molecule has 0 atom stereocenters. The Labute approximate surface area is 101 Å². The second-order valence-electron chi connectivity index (χ2n) is 3.96. The molecule has 3 rings (SSSR count). The molecule has 0 aromatic carbocycles. The molecule has 0 spiro atoms. The number of nitrogens with two attached hydrogens (primary N) is 1. The normalized spacial score (nSPS) is 16.6. The molecule has 16 heavy (non-hydrogen) atoms. The van der Waals surface area contributed by atoms with Crippen LogP contribution in [0.5, 0.6) is 0 Å². The van der Waals surface area contributed by atoms with E-state index in [1.165, 1.54) is 11.9 Å². The van der Waals surface area contributed by atoms with Gasteiger partial charge in [0.05, 0.1) is 23.2 Å². The van der Waals surface area contributed by atoms with Crippen molar-refractivity contribution in [1.29, 1.82) is 0 Å². The van der Waals surface area contributed by atoms with Gasteiger partial charge >= 0.3 is 0 Å². The Morgan fingerprint density at radius 1 is 1.50 bits per heavy atom. The van der Waals surface area contributed by atoms with E-state index in [0.717, 1.165) is 28.9 Å². The molecule has 1 aliphatic rings. The SMILES string of the molecule is Cn1c(Br)c(C2COC2)c2c(N)ncnc21. The smallest absolute Gasteiger partial charge is 0.146 e. The largest absolute Gasteiger partial charge is 0.383 e. The van der Waals surface area contributed by atoms with Crippen LogP contribution in [0.1, 0.15) is 11.5 Å². The fourth-order valence-corrected chi connectivity index (χ4v) is 2.74. The van der Waals surface area contributed by atoms with Gasteiger partial charge in [-0.3, -0.25) is 0 Å². The van der Waals surface area contributed by atoms with Crippen molar-refractivity contribution in [2.45, 2.75) is 5.92 Å². The third kappa shape index (κ3) is 1.20. The molecule has 0 unspecified atom stereocenters. The molecule has 0 radical (unpaired) electrons. The van der Waals surface area contributed by atoms with E-state index in [0.29, 0.717) is 11.7 Å². The predicted molar refractivity (Wildman–Crippen MR) is 64.2 cm³/mol. The minimum absolute atomic E-state index is 0.395. The molecule has 0 saturated carbocycles. The lowest BCUT2D eigenvalue weighted by molar-refractivity contribution is 0.00866. The molecule has 2 N–H and O–H groups in total. The number of ether oxygens (including phenoxy) is 1. The van der Waals surface area contributed by atoms with Gasteiger partial charge in [0.25, 0.3) is 0 Å². The van der Waals surface area contributed by atoms with Crippen LogP contribution in [0.3, 0.4) is 0 Å². The van der Waals surface area contributed by atoms with Crippen LogP contribution in [0.2, 0.25) is 0 Å². The molecule has 1 saturated heterocycles. The molecule has 84 valence electrons. The summed E-state index contributed by atoms with van der Waals surface area (Å²) in [4.78, 5) is 8.32. The summed E-state index contributed by atoms with van der Waals surface area (Å²) in [6.45, 7) is 1.48. The lowest BCUT2D eigenvalue weighted by Gasteiger charge is -2.26. The first-order valence-electron chi connectivity index (χ1n) is 5.02. The van der Waals surface area contributed by atoms with Crippen LogP contribution in [-0.4, -0.2) is 27.7 Å². The van der Waals surface area contributed by atoms with Gasteiger partial charge in [-0.15, -0.1) is 0 Å². The fraction of sp³-hybridized carbons (Fsp3) is 0.400. The number of aromatic nitrogens is 3. The Balaban J connectivity index is 2.36. The van der Waals surface area contributed by atoms with Crippen LogP contribution in [0.25, 0.3) is 11.0 Å². The molecular weight excluding hydrogens is 272 g/mol. The quantitative estimate of drug-likeness (QED) is 0.859. The van der Waals surface area contributed by atoms with Gasteiger partial charge in [-0.05, 0) is 15.9 Å². The Morgan fingerprint density at radius 2 is 2.25 bits per heavy atom. The summed E-state index contributed by atoms with van der Waals surface area (Å²) in [5, 5.41) is 0.949. The minimum atomic E-state index is 0.395. The van der Waals surface area contributed by atoms with E-state index in [1.54, 1.807) is 0 Å². The van der Waals surface area contributed by atoms with Gasteiger partial charge in [-0.1, -0.05) is 0 Å². The van der Waals surface area contributed by atoms with Crippen LogP contribution < -0.4 is 5.73 Å². The first kappa shape index (κ1) is 10.0. The van der Waals surface area contributed by atoms with Gasteiger partial charge in [0, 0.05) is 18.5 Å². The van der Waals surface area contributed by atoms with E-state index in [4.69, 9.17) is 10.5 Å². The van der Waals surface area contributed by atoms with Crippen LogP contribution in [-0.2, 0) is 11.8 Å². The summed E-state index contributed by atoms with van der Waals surface area (Å²) >= 11 is 3.59. The average molecular weight is 283 g/mol. The standard InChI is InChI=1S/C10H11BrN4O/c1-15-8(11)6(5-2-16-3-5)7-9(12)13-4-14-10(7)15/h4-5H,2-3H2,1H3,(H2,12,13,14). The van der Waals surface area contributed by atoms with E-state index >= 15 is 0 Å². The molecular formula is C10H11BrN4O. The van der Waals surface area contributed by atoms with Crippen molar-refractivity contribution in [1.82, 2.24) is 14.5 Å². The second-order valence-corrected chi connectivity index (χ2v) is 4.71. The molecule has 1 aliphatic heterocycles. The zero-order valence-corrected chi connectivity index (χ0v) is 10.4. The van der Waals surface area contributed by atoms with E-state index in [1.807, 2.05) is 11.6 Å². The summed E-state index contributed by atoms with van der Waals surface area (Å²) in [7, 11) is 1.96. The van der Waals surface area contributed by atoms with Gasteiger partial charge in [-0.2, -0.15) is 0 Å². The number of halogens is 1. The van der Waals surface area contributed by atoms with Crippen molar-refractivity contribution < 1.29 is 4.74 Å². The summed E-state index contributed by atoms with van der Waals surface area (Å²) in [6, 6.07) is 0. The predicted octanol–water partition coefficient (Wildman–Crippen LogP) is 1.43. The number of nitrogen functional groups attached to an aromatic ring is 1. The maximum Gasteiger partial charge on any atom is 0.146 e. The summed E-state index contributed by atoms with van der Waals surface area (Å²) in [5.41, 5.74) is 7.96. The number of hydrogen-bond acceptors (Lipinski definition) is 4. The van der Waals surface area contributed by atoms with Gasteiger partial charge < -0.3 is 15.0 Å². The molecule has 0 bridgehead atoms. The molecule has 6 heteroatoms. The maximum absolute atomic E-state index is 5.93. The number of nitrogens with zero attached hydrogens (tertiary/aromatic N) is 3. The van der Waals surface area contributed by atoms with Crippen LogP contribution in [0.15, 0.2) is 10.9 Å². The van der Waals surface area contributed by atoms with E-state index < -0.39 is 0 Å². The number of aryl methyl sites for hydroxylation is 1. The van der Waals surface area contributed by atoms with E-state index in [9.17, 15) is 0 Å². The number of rotatable bonds is 1. The highest BCUT2D eigenvalue weighted by Gasteiger charge is 2.29. The number of anilines is 1. The molecule has 0 aliphatic carbocycles. The van der Waals surface area contributed by atoms with E-state index in [2.05, 4.69) is 25.9 Å². The Bertz CT molecular complexity index is 561. The van der Waals surface area contributed by atoms with Crippen molar-refractivity contribution >= 4 is 32.8 Å². The third-order valence-electron chi connectivity index (χ3n) is 3.01. The molecule has 3 heterocycles. The van der Waals surface area contributed by atoms with Crippen molar-refractivity contribution in [3.05, 3.63) is 16.5 Å². The highest BCUT2D eigenvalue weighted by atomic mass is 79.9. The fourth-order valence-electron chi connectivity index (χ4n) is 2.05. The Kier molecular flexibility index (Phi) is 2.15. The first-order chi connectivity index (χ1) is 7.70. The number of fused-ring (bicyclic) bond motifs is 1. The number of hydrogen-bond donors (Lipinski definition) is 1. The first-order valence-corrected chi connectivity index (χ1v) is 5.81. The van der Waals surface area contributed by atoms with Crippen molar-refractivity contribution in [2.75, 3.05) is 18.9 Å². The minimum Gasteiger partial charge on any atom is -0.383 e. The second kappa shape index (κ2) is 3.43. The molecule has 0 amide bonds. The van der Waals surface area contributed by atoms with Crippen molar-refractivity contribution in [2.24, 2.45) is 7.05 Å². The highest BCUT2D eigenvalue weighted by Crippen LogP contribution is 2.39. The molecule has 1 fully saturated rings. The van der Waals surface area contributed by atoms with Crippen LogP contribution in [0, 0.1) is 0 Å². The van der Waals surface area contributed by atoms with Crippen molar-refractivity contribution in [3.63, 3.8) is 0 Å². The van der Waals surface area contributed by atoms with E-state index in [-0.39, 0.29) is 0 Å². The summed E-state index contributed by atoms with van der Waals surface area (Å²) < 4.78 is 8.23. The molecule has 2 aromatic heterocycles. The maximum atomic E-state index is 5.93. The Morgan fingerprint density at radius 3 is 2.88 bits per heavy atom. The van der Waals surface area contributed by atoms with Gasteiger partial charge in [-0.25, -0.2) is 9.97 Å². The zero-order chi connectivity index (χ0) is 11.3. The van der Waals surface area contributed by atoms with Crippen molar-refractivity contribution in [3.8, 4) is 0 Å².